The third-order valence-corrected chi connectivity index (χ3v) is 7.31. The van der Waals surface area contributed by atoms with Crippen molar-refractivity contribution in [2.75, 3.05) is 31.3 Å². The zero-order chi connectivity index (χ0) is 21.7. The Kier molecular flexibility index (Phi) is 7.22. The minimum absolute atomic E-state index is 0.118. The van der Waals surface area contributed by atoms with Crippen LogP contribution < -0.4 is 5.32 Å². The molecule has 3 rings (SSSR count). The number of benzene rings is 1. The van der Waals surface area contributed by atoms with Crippen molar-refractivity contribution in [1.29, 1.82) is 0 Å². The largest absolute Gasteiger partial charge is 0.460 e. The van der Waals surface area contributed by atoms with Crippen LogP contribution in [0.3, 0.4) is 0 Å². The molecule has 0 aliphatic carbocycles. The van der Waals surface area contributed by atoms with Gasteiger partial charge in [0.05, 0.1) is 6.61 Å². The second-order valence-corrected chi connectivity index (χ2v) is 9.49. The zero-order valence-corrected chi connectivity index (χ0v) is 18.4. The number of piperidine rings is 1. The van der Waals surface area contributed by atoms with E-state index in [0.29, 0.717) is 12.8 Å². The first-order chi connectivity index (χ1) is 14.3. The number of nitrogens with zero attached hydrogens (tertiary/aromatic N) is 1. The predicted molar refractivity (Wildman–Crippen MR) is 113 cm³/mol. The molecule has 1 saturated heterocycles. The van der Waals surface area contributed by atoms with Crippen LogP contribution in [0.2, 0.25) is 0 Å². The quantitative estimate of drug-likeness (QED) is 0.508. The molecular weight excluding hydrogens is 428 g/mol. The number of sulfonamides is 1. The minimum Gasteiger partial charge on any atom is -0.460 e. The number of hydrogen-bond acceptors (Lipinski definition) is 7. The standard InChI is InChI=1S/C20H24N2O6S2/c1-3-27-20(24)17-7-8-18(28-17)30(25,26)22-11-9-14(10-12-22)19(23)21-15-5-4-6-16(13-15)29-2/h4-8,13-14H,3,9-12H2,1-2H3,(H,21,23). The van der Waals surface area contributed by atoms with Crippen molar-refractivity contribution in [3.05, 3.63) is 42.2 Å². The Labute approximate surface area is 180 Å². The molecule has 0 unspecified atom stereocenters. The predicted octanol–water partition coefficient (Wildman–Crippen LogP) is 3.22. The van der Waals surface area contributed by atoms with Crippen LogP contribution in [0.4, 0.5) is 5.69 Å². The Balaban J connectivity index is 1.60. The summed E-state index contributed by atoms with van der Waals surface area (Å²) in [5, 5.41) is 2.61. The summed E-state index contributed by atoms with van der Waals surface area (Å²) in [6, 6.07) is 10.1. The molecule has 1 amide bonds. The van der Waals surface area contributed by atoms with Gasteiger partial charge in [0.2, 0.25) is 16.8 Å². The summed E-state index contributed by atoms with van der Waals surface area (Å²) >= 11 is 1.59. The van der Waals surface area contributed by atoms with Crippen LogP contribution in [-0.4, -0.2) is 50.6 Å². The topological polar surface area (TPSA) is 106 Å². The molecule has 1 aromatic heterocycles. The van der Waals surface area contributed by atoms with Crippen LogP contribution in [0.5, 0.6) is 0 Å². The number of anilines is 1. The number of thioether (sulfide) groups is 1. The molecule has 162 valence electrons. The summed E-state index contributed by atoms with van der Waals surface area (Å²) in [6.07, 6.45) is 2.77. The molecule has 2 aromatic rings. The van der Waals surface area contributed by atoms with Gasteiger partial charge in [-0.05, 0) is 56.4 Å². The number of esters is 1. The Hall–Kier alpha value is -2.30. The molecule has 0 radical (unpaired) electrons. The number of hydrogen-bond donors (Lipinski definition) is 1. The number of carbonyl (C=O) groups excluding carboxylic acids is 2. The van der Waals surface area contributed by atoms with Crippen molar-refractivity contribution >= 4 is 39.3 Å². The second kappa shape index (κ2) is 9.67. The molecule has 2 heterocycles. The van der Waals surface area contributed by atoms with E-state index in [-0.39, 0.29) is 42.4 Å². The summed E-state index contributed by atoms with van der Waals surface area (Å²) in [7, 11) is -3.88. The molecule has 1 fully saturated rings. The lowest BCUT2D eigenvalue weighted by molar-refractivity contribution is -0.120. The average molecular weight is 453 g/mol. The van der Waals surface area contributed by atoms with Gasteiger partial charge in [0, 0.05) is 29.6 Å². The van der Waals surface area contributed by atoms with Crippen molar-refractivity contribution in [3.63, 3.8) is 0 Å². The van der Waals surface area contributed by atoms with Gasteiger partial charge in [0.1, 0.15) is 0 Å². The van der Waals surface area contributed by atoms with Crippen LogP contribution in [0.15, 0.2) is 50.8 Å². The molecule has 30 heavy (non-hydrogen) atoms. The summed E-state index contributed by atoms with van der Waals surface area (Å²) in [4.78, 5) is 25.3. The molecular formula is C20H24N2O6S2. The first kappa shape index (κ1) is 22.4. The molecule has 0 bridgehead atoms. The Morgan fingerprint density at radius 1 is 1.23 bits per heavy atom. The number of carbonyl (C=O) groups is 2. The number of ether oxygens (including phenoxy) is 1. The number of furan rings is 1. The van der Waals surface area contributed by atoms with Crippen LogP contribution in [0.25, 0.3) is 0 Å². The molecule has 8 nitrogen and oxygen atoms in total. The fourth-order valence-electron chi connectivity index (χ4n) is 3.20. The van der Waals surface area contributed by atoms with Gasteiger partial charge in [-0.2, -0.15) is 4.31 Å². The van der Waals surface area contributed by atoms with Gasteiger partial charge < -0.3 is 14.5 Å². The highest BCUT2D eigenvalue weighted by molar-refractivity contribution is 7.98. The summed E-state index contributed by atoms with van der Waals surface area (Å²) in [5.41, 5.74) is 0.726. The zero-order valence-electron chi connectivity index (χ0n) is 16.8. The first-order valence-corrected chi connectivity index (χ1v) is 12.2. The lowest BCUT2D eigenvalue weighted by atomic mass is 9.97. The fraction of sp³-hybridized carbons (Fsp3) is 0.400. The van der Waals surface area contributed by atoms with Gasteiger partial charge in [0.25, 0.3) is 10.0 Å². The number of amides is 1. The summed E-state index contributed by atoms with van der Waals surface area (Å²) in [5.74, 6) is -1.26. The van der Waals surface area contributed by atoms with Crippen molar-refractivity contribution in [2.45, 2.75) is 29.8 Å². The second-order valence-electron chi connectivity index (χ2n) is 6.74. The molecule has 0 spiro atoms. The smallest absolute Gasteiger partial charge is 0.374 e. The van der Waals surface area contributed by atoms with Crippen molar-refractivity contribution in [3.8, 4) is 0 Å². The van der Waals surface area contributed by atoms with E-state index in [0.717, 1.165) is 10.6 Å². The average Bonchev–Trinajstić information content (AvgIpc) is 3.25. The summed E-state index contributed by atoms with van der Waals surface area (Å²) < 4.78 is 36.9. The van der Waals surface area contributed by atoms with E-state index in [1.807, 2.05) is 30.5 Å². The Morgan fingerprint density at radius 3 is 2.63 bits per heavy atom. The molecule has 1 aromatic carbocycles. The van der Waals surface area contributed by atoms with E-state index < -0.39 is 16.0 Å². The van der Waals surface area contributed by atoms with Gasteiger partial charge in [0.15, 0.2) is 0 Å². The monoisotopic (exact) mass is 452 g/mol. The molecule has 0 saturated carbocycles. The van der Waals surface area contributed by atoms with E-state index in [4.69, 9.17) is 9.15 Å². The van der Waals surface area contributed by atoms with Crippen LogP contribution in [0, 0.1) is 5.92 Å². The Bertz CT molecular complexity index is 1010. The number of rotatable bonds is 7. The highest BCUT2D eigenvalue weighted by Crippen LogP contribution is 2.27. The molecule has 0 atom stereocenters. The van der Waals surface area contributed by atoms with Gasteiger partial charge >= 0.3 is 5.97 Å². The van der Waals surface area contributed by atoms with Gasteiger partial charge in [-0.1, -0.05) is 6.07 Å². The third-order valence-electron chi connectivity index (χ3n) is 4.81. The number of nitrogens with one attached hydrogen (secondary N) is 1. The van der Waals surface area contributed by atoms with Gasteiger partial charge in [-0.15, -0.1) is 11.8 Å². The van der Waals surface area contributed by atoms with Crippen LogP contribution >= 0.6 is 11.8 Å². The van der Waals surface area contributed by atoms with Crippen molar-refractivity contribution in [1.82, 2.24) is 4.31 Å². The van der Waals surface area contributed by atoms with E-state index in [2.05, 4.69) is 5.32 Å². The first-order valence-electron chi connectivity index (χ1n) is 9.57. The van der Waals surface area contributed by atoms with Gasteiger partial charge in [-0.25, -0.2) is 13.2 Å². The maximum Gasteiger partial charge on any atom is 0.374 e. The van der Waals surface area contributed by atoms with E-state index in [9.17, 15) is 18.0 Å². The molecule has 1 N–H and O–H groups in total. The van der Waals surface area contributed by atoms with Crippen LogP contribution in [0.1, 0.15) is 30.3 Å². The SMILES string of the molecule is CCOC(=O)c1ccc(S(=O)(=O)N2CCC(C(=O)Nc3cccc(SC)c3)CC2)o1. The minimum atomic E-state index is -3.88. The maximum absolute atomic E-state index is 12.8. The fourth-order valence-corrected chi connectivity index (χ4v) is 5.04. The summed E-state index contributed by atoms with van der Waals surface area (Å²) in [6.45, 7) is 2.21. The maximum atomic E-state index is 12.8. The molecule has 10 heteroatoms. The highest BCUT2D eigenvalue weighted by atomic mass is 32.2. The van der Waals surface area contributed by atoms with Crippen LogP contribution in [-0.2, 0) is 19.6 Å². The van der Waals surface area contributed by atoms with Crippen molar-refractivity contribution in [2.24, 2.45) is 5.92 Å². The van der Waals surface area contributed by atoms with Crippen molar-refractivity contribution < 1.29 is 27.2 Å². The highest BCUT2D eigenvalue weighted by Gasteiger charge is 2.34. The van der Waals surface area contributed by atoms with E-state index in [1.54, 1.807) is 18.7 Å². The van der Waals surface area contributed by atoms with E-state index >= 15 is 0 Å². The van der Waals surface area contributed by atoms with E-state index in [1.165, 1.54) is 16.4 Å². The molecule has 1 aliphatic heterocycles. The lowest BCUT2D eigenvalue weighted by Crippen LogP contribution is -2.41. The lowest BCUT2D eigenvalue weighted by Gasteiger charge is -2.29. The molecule has 1 aliphatic rings. The normalized spacial score (nSPS) is 15.7. The third kappa shape index (κ3) is 5.05. The van der Waals surface area contributed by atoms with Gasteiger partial charge in [-0.3, -0.25) is 4.79 Å². The Morgan fingerprint density at radius 2 is 1.97 bits per heavy atom.